The van der Waals surface area contributed by atoms with Gasteiger partial charge in [0.2, 0.25) is 11.4 Å². The molecular formula is C14H12F2N2O5. The minimum Gasteiger partial charge on any atom is -0.444 e. The molecule has 2 aliphatic rings. The summed E-state index contributed by atoms with van der Waals surface area (Å²) in [7, 11) is 0. The number of hydrogen-bond donors (Lipinski definition) is 0. The summed E-state index contributed by atoms with van der Waals surface area (Å²) in [5, 5.41) is 3.85. The topological polar surface area (TPSA) is 74.0 Å². The van der Waals surface area contributed by atoms with Crippen LogP contribution in [0.4, 0.5) is 19.4 Å². The lowest BCUT2D eigenvalue weighted by Crippen LogP contribution is -2.24. The lowest BCUT2D eigenvalue weighted by molar-refractivity contribution is -0.0467. The van der Waals surface area contributed by atoms with Crippen LogP contribution in [0.5, 0.6) is 0 Å². The molecule has 2 aliphatic heterocycles. The van der Waals surface area contributed by atoms with Crippen LogP contribution in [-0.2, 0) is 14.2 Å². The number of carbonyl (C=O) groups is 1. The molecule has 9 heteroatoms. The summed E-state index contributed by atoms with van der Waals surface area (Å²) in [5.74, 6) is -2.24. The molecule has 2 aromatic rings. The van der Waals surface area contributed by atoms with E-state index in [1.165, 1.54) is 11.0 Å². The smallest absolute Gasteiger partial charge is 0.416 e. The summed E-state index contributed by atoms with van der Waals surface area (Å²) in [6, 6.07) is 1.33. The van der Waals surface area contributed by atoms with Gasteiger partial charge in [-0.15, -0.1) is 0 Å². The van der Waals surface area contributed by atoms with Crippen molar-refractivity contribution in [3.05, 3.63) is 23.3 Å². The first-order valence-corrected chi connectivity index (χ1v) is 7.05. The molecule has 7 nitrogen and oxygen atoms in total. The Balaban J connectivity index is 1.86. The fourth-order valence-corrected chi connectivity index (χ4v) is 2.70. The van der Waals surface area contributed by atoms with Gasteiger partial charge in [-0.25, -0.2) is 9.18 Å². The minimum atomic E-state index is -1.20. The van der Waals surface area contributed by atoms with Gasteiger partial charge in [0.25, 0.3) is 0 Å². The summed E-state index contributed by atoms with van der Waals surface area (Å²) >= 11 is 0. The molecule has 0 unspecified atom stereocenters. The second-order valence-corrected chi connectivity index (χ2v) is 5.36. The Bertz CT molecular complexity index is 787. The van der Waals surface area contributed by atoms with Crippen molar-refractivity contribution in [1.82, 2.24) is 5.16 Å². The van der Waals surface area contributed by atoms with E-state index in [1.807, 2.05) is 0 Å². The molecule has 23 heavy (non-hydrogen) atoms. The summed E-state index contributed by atoms with van der Waals surface area (Å²) in [6.07, 6.45) is -1.95. The summed E-state index contributed by atoms with van der Waals surface area (Å²) in [4.78, 5) is 13.0. The molecule has 0 aliphatic carbocycles. The summed E-state index contributed by atoms with van der Waals surface area (Å²) in [6.45, 7) is 2.53. The van der Waals surface area contributed by atoms with E-state index in [9.17, 15) is 13.6 Å². The highest BCUT2D eigenvalue weighted by Gasteiger charge is 2.35. The first kappa shape index (κ1) is 14.3. The van der Waals surface area contributed by atoms with Crippen molar-refractivity contribution < 1.29 is 32.3 Å². The molecule has 4 rings (SSSR count). The van der Waals surface area contributed by atoms with Crippen LogP contribution in [-0.4, -0.2) is 37.1 Å². The van der Waals surface area contributed by atoms with E-state index in [-0.39, 0.29) is 48.2 Å². The molecule has 2 saturated heterocycles. The molecule has 0 saturated carbocycles. The first-order chi connectivity index (χ1) is 11.1. The molecule has 1 amide bonds. The van der Waals surface area contributed by atoms with Crippen molar-refractivity contribution in [3.63, 3.8) is 0 Å². The molecule has 122 valence electrons. The van der Waals surface area contributed by atoms with Gasteiger partial charge in [0.15, 0.2) is 17.9 Å². The zero-order valence-corrected chi connectivity index (χ0v) is 12.0. The van der Waals surface area contributed by atoms with Crippen molar-refractivity contribution in [2.24, 2.45) is 0 Å². The Morgan fingerprint density at radius 1 is 1.26 bits per heavy atom. The monoisotopic (exact) mass is 326 g/mol. The normalized spacial score (nSPS) is 22.3. The molecule has 0 spiro atoms. The minimum absolute atomic E-state index is 0.0764. The van der Waals surface area contributed by atoms with Gasteiger partial charge in [0, 0.05) is 5.56 Å². The van der Waals surface area contributed by atoms with Gasteiger partial charge in [0.1, 0.15) is 6.10 Å². The van der Waals surface area contributed by atoms with Crippen LogP contribution >= 0.6 is 0 Å². The van der Waals surface area contributed by atoms with Gasteiger partial charge in [-0.2, -0.15) is 4.39 Å². The highest BCUT2D eigenvalue weighted by molar-refractivity contribution is 5.99. The number of rotatable bonds is 2. The van der Waals surface area contributed by atoms with Crippen LogP contribution in [0.3, 0.4) is 0 Å². The SMILES string of the molecule is C[C@@H]1CN(c2noc3c(F)c(F)c(C4OCCO4)cc23)C(=O)O1. The Morgan fingerprint density at radius 3 is 2.65 bits per heavy atom. The zero-order chi connectivity index (χ0) is 16.1. The number of benzene rings is 1. The number of cyclic esters (lactones) is 1. The average Bonchev–Trinajstić information content (AvgIpc) is 3.22. The molecule has 0 N–H and O–H groups in total. The maximum absolute atomic E-state index is 14.2. The van der Waals surface area contributed by atoms with E-state index in [0.717, 1.165) is 0 Å². The van der Waals surface area contributed by atoms with Crippen LogP contribution in [0.15, 0.2) is 10.6 Å². The van der Waals surface area contributed by atoms with Crippen molar-refractivity contribution in [1.29, 1.82) is 0 Å². The zero-order valence-electron chi connectivity index (χ0n) is 12.0. The number of nitrogens with zero attached hydrogens (tertiary/aromatic N) is 2. The van der Waals surface area contributed by atoms with Crippen LogP contribution in [0.1, 0.15) is 18.8 Å². The van der Waals surface area contributed by atoms with Gasteiger partial charge in [-0.05, 0) is 13.0 Å². The highest BCUT2D eigenvalue weighted by atomic mass is 19.2. The molecule has 0 radical (unpaired) electrons. The second-order valence-electron chi connectivity index (χ2n) is 5.36. The number of halogens is 2. The third kappa shape index (κ3) is 2.15. The Hall–Kier alpha value is -2.26. The van der Waals surface area contributed by atoms with Crippen LogP contribution < -0.4 is 4.90 Å². The second kappa shape index (κ2) is 5.14. The third-order valence-corrected chi connectivity index (χ3v) is 3.75. The lowest BCUT2D eigenvalue weighted by atomic mass is 10.1. The number of amides is 1. The number of carbonyl (C=O) groups excluding carboxylic acids is 1. The van der Waals surface area contributed by atoms with E-state index >= 15 is 0 Å². The van der Waals surface area contributed by atoms with Gasteiger partial charge >= 0.3 is 6.09 Å². The fourth-order valence-electron chi connectivity index (χ4n) is 2.70. The third-order valence-electron chi connectivity index (χ3n) is 3.75. The average molecular weight is 326 g/mol. The van der Waals surface area contributed by atoms with Crippen LogP contribution in [0, 0.1) is 11.6 Å². The predicted molar refractivity (Wildman–Crippen MR) is 71.9 cm³/mol. The van der Waals surface area contributed by atoms with Crippen molar-refractivity contribution >= 4 is 22.9 Å². The standard InChI is InChI=1S/C14H12F2N2O5/c1-6-5-18(14(19)22-6)12-8-4-7(13-20-2-3-21-13)9(15)10(16)11(8)23-17-12/h4,6,13H,2-3,5H2,1H3/t6-/m1/s1. The quantitative estimate of drug-likeness (QED) is 0.844. The van der Waals surface area contributed by atoms with Gasteiger partial charge in [-0.1, -0.05) is 5.16 Å². The van der Waals surface area contributed by atoms with E-state index < -0.39 is 24.0 Å². The van der Waals surface area contributed by atoms with Crippen LogP contribution in [0.2, 0.25) is 0 Å². The molecule has 1 aromatic heterocycles. The largest absolute Gasteiger partial charge is 0.444 e. The Labute approximate surface area is 128 Å². The molecule has 2 fully saturated rings. The molecule has 1 atom stereocenters. The number of ether oxygens (including phenoxy) is 3. The number of anilines is 1. The van der Waals surface area contributed by atoms with Crippen LogP contribution in [0.25, 0.3) is 11.0 Å². The van der Waals surface area contributed by atoms with E-state index in [1.54, 1.807) is 6.92 Å². The summed E-state index contributed by atoms with van der Waals surface area (Å²) < 4.78 is 48.7. The number of fused-ring (bicyclic) bond motifs is 1. The van der Waals surface area contributed by atoms with Crippen molar-refractivity contribution in [2.75, 3.05) is 24.7 Å². The molecule has 1 aromatic carbocycles. The highest BCUT2D eigenvalue weighted by Crippen LogP contribution is 2.36. The van der Waals surface area contributed by atoms with Crippen molar-refractivity contribution in [3.8, 4) is 0 Å². The van der Waals surface area contributed by atoms with Gasteiger partial charge < -0.3 is 18.7 Å². The van der Waals surface area contributed by atoms with E-state index in [2.05, 4.69) is 5.16 Å². The number of hydrogen-bond acceptors (Lipinski definition) is 6. The van der Waals surface area contributed by atoms with Gasteiger partial charge in [-0.3, -0.25) is 4.90 Å². The predicted octanol–water partition coefficient (Wildman–Crippen LogP) is 2.50. The van der Waals surface area contributed by atoms with Crippen molar-refractivity contribution in [2.45, 2.75) is 19.3 Å². The Kier molecular flexibility index (Phi) is 3.20. The molecule has 3 heterocycles. The maximum atomic E-state index is 14.2. The summed E-state index contributed by atoms with van der Waals surface area (Å²) in [5.41, 5.74) is -0.468. The fraction of sp³-hybridized carbons (Fsp3) is 0.429. The first-order valence-electron chi connectivity index (χ1n) is 7.05. The Morgan fingerprint density at radius 2 is 2.00 bits per heavy atom. The van der Waals surface area contributed by atoms with Gasteiger partial charge in [0.05, 0.1) is 25.1 Å². The molecular weight excluding hydrogens is 314 g/mol. The number of aromatic nitrogens is 1. The molecule has 0 bridgehead atoms. The van der Waals surface area contributed by atoms with E-state index in [0.29, 0.717) is 0 Å². The maximum Gasteiger partial charge on any atom is 0.416 e. The van der Waals surface area contributed by atoms with E-state index in [4.69, 9.17) is 18.7 Å². The lowest BCUT2D eigenvalue weighted by Gasteiger charge is -2.12.